The topological polar surface area (TPSA) is 84.3 Å². The molecular weight excluding hydrogens is 364 g/mol. The van der Waals surface area contributed by atoms with Gasteiger partial charge in [-0.25, -0.2) is 13.4 Å². The molecule has 2 aromatic rings. The third-order valence-electron chi connectivity index (χ3n) is 5.31. The predicted octanol–water partition coefficient (Wildman–Crippen LogP) is 1.86. The van der Waals surface area contributed by atoms with Gasteiger partial charge in [0.05, 0.1) is 12.4 Å². The lowest BCUT2D eigenvalue weighted by molar-refractivity contribution is -0.122. The Morgan fingerprint density at radius 1 is 1.19 bits per heavy atom. The van der Waals surface area contributed by atoms with E-state index in [9.17, 15) is 13.2 Å². The van der Waals surface area contributed by atoms with Crippen LogP contribution >= 0.6 is 0 Å². The molecule has 0 unspecified atom stereocenters. The van der Waals surface area contributed by atoms with Crippen molar-refractivity contribution >= 4 is 15.9 Å². The molecule has 8 heteroatoms. The van der Waals surface area contributed by atoms with E-state index < -0.39 is 10.0 Å². The zero-order valence-corrected chi connectivity index (χ0v) is 16.0. The Hall–Kier alpha value is -2.19. The summed E-state index contributed by atoms with van der Waals surface area (Å²) >= 11 is 0. The molecule has 1 saturated heterocycles. The number of amides is 1. The number of hydrogen-bond acceptors (Lipinski definition) is 4. The molecule has 0 bridgehead atoms. The molecule has 0 spiro atoms. The van der Waals surface area contributed by atoms with Crippen LogP contribution in [-0.4, -0.2) is 41.3 Å². The zero-order valence-electron chi connectivity index (χ0n) is 15.2. The Kier molecular flexibility index (Phi) is 5.01. The standard InChI is InChI=1S/C19H24N4O3S/c24-18(21-17-9-5-7-15-6-1-2-8-16(15)17)12-22-13-19(20-14-22)27(25,26)23-10-3-4-11-23/h1-2,6,8,13-14,17H,3-5,7,9-12H2,(H,21,24)/t17-/m0/s1. The van der Waals surface area contributed by atoms with Gasteiger partial charge in [0.25, 0.3) is 10.0 Å². The highest BCUT2D eigenvalue weighted by Crippen LogP contribution is 2.29. The predicted molar refractivity (Wildman–Crippen MR) is 100 cm³/mol. The Morgan fingerprint density at radius 3 is 2.78 bits per heavy atom. The minimum absolute atomic E-state index is 0.0128. The van der Waals surface area contributed by atoms with Gasteiger partial charge in [-0.2, -0.15) is 4.31 Å². The molecule has 1 aromatic heterocycles. The van der Waals surface area contributed by atoms with Crippen molar-refractivity contribution in [2.24, 2.45) is 0 Å². The fourth-order valence-electron chi connectivity index (χ4n) is 3.93. The normalized spacial score (nSPS) is 20.4. The monoisotopic (exact) mass is 388 g/mol. The van der Waals surface area contributed by atoms with Crippen LogP contribution in [0.15, 0.2) is 41.8 Å². The molecular formula is C19H24N4O3S. The quantitative estimate of drug-likeness (QED) is 0.847. The number of nitrogens with one attached hydrogen (secondary N) is 1. The maximum absolute atomic E-state index is 12.5. The minimum atomic E-state index is -3.55. The fourth-order valence-corrected chi connectivity index (χ4v) is 5.38. The van der Waals surface area contributed by atoms with E-state index in [4.69, 9.17) is 0 Å². The van der Waals surface area contributed by atoms with Crippen molar-refractivity contribution < 1.29 is 13.2 Å². The maximum Gasteiger partial charge on any atom is 0.262 e. The van der Waals surface area contributed by atoms with E-state index in [0.717, 1.165) is 32.1 Å². The van der Waals surface area contributed by atoms with Crippen LogP contribution in [0.4, 0.5) is 0 Å². The molecule has 1 aliphatic carbocycles. The van der Waals surface area contributed by atoms with Crippen molar-refractivity contribution in [3.05, 3.63) is 47.9 Å². The van der Waals surface area contributed by atoms with Gasteiger partial charge in [0.15, 0.2) is 5.03 Å². The van der Waals surface area contributed by atoms with Crippen LogP contribution in [-0.2, 0) is 27.8 Å². The summed E-state index contributed by atoms with van der Waals surface area (Å²) in [6, 6.07) is 8.21. The summed E-state index contributed by atoms with van der Waals surface area (Å²) in [4.78, 5) is 16.5. The molecule has 1 fully saturated rings. The number of carbonyl (C=O) groups excluding carboxylic acids is 1. The van der Waals surface area contributed by atoms with Crippen molar-refractivity contribution in [2.75, 3.05) is 13.1 Å². The average molecular weight is 388 g/mol. The molecule has 7 nitrogen and oxygen atoms in total. The molecule has 1 aromatic carbocycles. The summed E-state index contributed by atoms with van der Waals surface area (Å²) in [6.45, 7) is 1.13. The molecule has 2 aliphatic rings. The number of nitrogens with zero attached hydrogens (tertiary/aromatic N) is 3. The first kappa shape index (κ1) is 18.2. The van der Waals surface area contributed by atoms with Gasteiger partial charge in [0.1, 0.15) is 6.54 Å². The first-order chi connectivity index (χ1) is 13.0. The van der Waals surface area contributed by atoms with Crippen LogP contribution in [0, 0.1) is 0 Å². The molecule has 1 N–H and O–H groups in total. The van der Waals surface area contributed by atoms with Gasteiger partial charge in [0, 0.05) is 19.3 Å². The maximum atomic E-state index is 12.5. The van der Waals surface area contributed by atoms with Crippen molar-refractivity contribution in [1.82, 2.24) is 19.2 Å². The van der Waals surface area contributed by atoms with Crippen LogP contribution in [0.25, 0.3) is 0 Å². The summed E-state index contributed by atoms with van der Waals surface area (Å²) in [5.74, 6) is -0.140. The summed E-state index contributed by atoms with van der Waals surface area (Å²) in [7, 11) is -3.55. The summed E-state index contributed by atoms with van der Waals surface area (Å²) in [5.41, 5.74) is 2.47. The summed E-state index contributed by atoms with van der Waals surface area (Å²) in [6.07, 6.45) is 7.63. The van der Waals surface area contributed by atoms with E-state index in [1.165, 1.54) is 32.5 Å². The van der Waals surface area contributed by atoms with Gasteiger partial charge in [-0.15, -0.1) is 0 Å². The third-order valence-corrected chi connectivity index (χ3v) is 7.09. The number of aryl methyl sites for hydroxylation is 1. The first-order valence-electron chi connectivity index (χ1n) is 9.43. The lowest BCUT2D eigenvalue weighted by Gasteiger charge is -2.26. The number of carbonyl (C=O) groups is 1. The van der Waals surface area contributed by atoms with Crippen LogP contribution in [0.3, 0.4) is 0 Å². The van der Waals surface area contributed by atoms with Gasteiger partial charge in [-0.3, -0.25) is 4.79 Å². The third kappa shape index (κ3) is 3.77. The number of hydrogen-bond donors (Lipinski definition) is 1. The summed E-state index contributed by atoms with van der Waals surface area (Å²) in [5, 5.41) is 3.09. The SMILES string of the molecule is O=C(Cn1cnc(S(=O)(=O)N2CCCC2)c1)N[C@H]1CCCc2ccccc21. The van der Waals surface area contributed by atoms with Gasteiger partial charge in [-0.05, 0) is 43.2 Å². The van der Waals surface area contributed by atoms with Crippen molar-refractivity contribution in [1.29, 1.82) is 0 Å². The second-order valence-electron chi connectivity index (χ2n) is 7.21. The second kappa shape index (κ2) is 7.44. The van der Waals surface area contributed by atoms with Crippen LogP contribution in [0.2, 0.25) is 0 Å². The number of benzene rings is 1. The van der Waals surface area contributed by atoms with Crippen molar-refractivity contribution in [3.8, 4) is 0 Å². The average Bonchev–Trinajstić information content (AvgIpc) is 3.34. The lowest BCUT2D eigenvalue weighted by atomic mass is 9.88. The zero-order chi connectivity index (χ0) is 18.9. The Labute approximate surface area is 159 Å². The van der Waals surface area contributed by atoms with Gasteiger partial charge in [0.2, 0.25) is 5.91 Å². The number of imidazole rings is 1. The van der Waals surface area contributed by atoms with E-state index in [2.05, 4.69) is 22.4 Å². The van der Waals surface area contributed by atoms with E-state index >= 15 is 0 Å². The molecule has 1 aliphatic heterocycles. The highest BCUT2D eigenvalue weighted by Gasteiger charge is 2.29. The number of rotatable bonds is 5. The van der Waals surface area contributed by atoms with Crippen molar-refractivity contribution in [3.63, 3.8) is 0 Å². The number of fused-ring (bicyclic) bond motifs is 1. The van der Waals surface area contributed by atoms with Crippen LogP contribution in [0.1, 0.15) is 42.9 Å². The van der Waals surface area contributed by atoms with Gasteiger partial charge in [-0.1, -0.05) is 24.3 Å². The van der Waals surface area contributed by atoms with E-state index in [-0.39, 0.29) is 23.5 Å². The molecule has 1 atom stereocenters. The fraction of sp³-hybridized carbons (Fsp3) is 0.474. The van der Waals surface area contributed by atoms with E-state index in [1.807, 2.05) is 12.1 Å². The Bertz CT molecular complexity index is 932. The molecule has 2 heterocycles. The second-order valence-corrected chi connectivity index (χ2v) is 9.09. The molecule has 0 saturated carbocycles. The first-order valence-corrected chi connectivity index (χ1v) is 10.9. The highest BCUT2D eigenvalue weighted by molar-refractivity contribution is 7.89. The summed E-state index contributed by atoms with van der Waals surface area (Å²) < 4.78 is 28.1. The Balaban J connectivity index is 1.42. The number of sulfonamides is 1. The minimum Gasteiger partial charge on any atom is -0.348 e. The largest absolute Gasteiger partial charge is 0.348 e. The highest BCUT2D eigenvalue weighted by atomic mass is 32.2. The van der Waals surface area contributed by atoms with Crippen molar-refractivity contribution in [2.45, 2.75) is 49.7 Å². The van der Waals surface area contributed by atoms with E-state index in [0.29, 0.717) is 13.1 Å². The molecule has 4 rings (SSSR count). The molecule has 1 amide bonds. The van der Waals surface area contributed by atoms with E-state index in [1.54, 1.807) is 0 Å². The molecule has 144 valence electrons. The van der Waals surface area contributed by atoms with Crippen LogP contribution in [0.5, 0.6) is 0 Å². The lowest BCUT2D eigenvalue weighted by Crippen LogP contribution is -2.33. The van der Waals surface area contributed by atoms with Crippen LogP contribution < -0.4 is 5.32 Å². The van der Waals surface area contributed by atoms with Gasteiger partial charge < -0.3 is 9.88 Å². The molecule has 27 heavy (non-hydrogen) atoms. The smallest absolute Gasteiger partial charge is 0.262 e. The van der Waals surface area contributed by atoms with Gasteiger partial charge >= 0.3 is 0 Å². The number of aromatic nitrogens is 2. The molecule has 0 radical (unpaired) electrons. The Morgan fingerprint density at radius 2 is 1.96 bits per heavy atom.